The van der Waals surface area contributed by atoms with Crippen molar-refractivity contribution in [2.45, 2.75) is 70.6 Å². The monoisotopic (exact) mass is 384 g/mol. The van der Waals surface area contributed by atoms with Crippen LogP contribution in [0.5, 0.6) is 0 Å². The number of aliphatic hydroxyl groups excluding tert-OH is 2. The normalized spacial score (nSPS) is 21.0. The Hall–Kier alpha value is -1.28. The number of hydrogen-bond donors (Lipinski definition) is 4. The summed E-state index contributed by atoms with van der Waals surface area (Å²) >= 11 is 0. The Kier molecular flexibility index (Phi) is 10.2. The number of carbonyl (C=O) groups is 2. The van der Waals surface area contributed by atoms with E-state index in [4.69, 9.17) is 4.74 Å². The third-order valence-electron chi connectivity index (χ3n) is 4.73. The molecule has 156 valence electrons. The van der Waals surface area contributed by atoms with Gasteiger partial charge in [-0.05, 0) is 32.2 Å². The van der Waals surface area contributed by atoms with E-state index >= 15 is 0 Å². The largest absolute Gasteiger partial charge is 0.394 e. The maximum absolute atomic E-state index is 12.6. The highest BCUT2D eigenvalue weighted by molar-refractivity contribution is 5.97. The number of epoxide rings is 1. The van der Waals surface area contributed by atoms with Crippen molar-refractivity contribution in [1.29, 1.82) is 0 Å². The Balaban J connectivity index is 2.51. The summed E-state index contributed by atoms with van der Waals surface area (Å²) in [6, 6.07) is -1.60. The smallest absolute Gasteiger partial charge is 0.240 e. The number of nitrogens with one attached hydrogen (secondary N) is 2. The number of amides is 1. The van der Waals surface area contributed by atoms with Gasteiger partial charge < -0.3 is 25.6 Å². The molecule has 1 rings (SSSR count). The summed E-state index contributed by atoms with van der Waals surface area (Å²) in [6.07, 6.45) is 4.59. The molecule has 0 aromatic rings. The van der Waals surface area contributed by atoms with Crippen LogP contribution in [-0.4, -0.2) is 66.0 Å². The van der Waals surface area contributed by atoms with Crippen LogP contribution in [0.1, 0.15) is 52.9 Å². The first kappa shape index (κ1) is 23.8. The number of unbranched alkanes of at least 4 members (excludes halogenated alkanes) is 2. The molecule has 1 saturated heterocycles. The molecule has 0 aliphatic carbocycles. The summed E-state index contributed by atoms with van der Waals surface area (Å²) in [5.41, 5.74) is -0.465. The van der Waals surface area contributed by atoms with Crippen molar-refractivity contribution >= 4 is 11.7 Å². The molecule has 27 heavy (non-hydrogen) atoms. The second-order valence-corrected chi connectivity index (χ2v) is 7.96. The molecule has 0 aromatic heterocycles. The summed E-state index contributed by atoms with van der Waals surface area (Å²) < 4.78 is 5.11. The zero-order chi connectivity index (χ0) is 20.4. The van der Waals surface area contributed by atoms with Crippen LogP contribution < -0.4 is 10.6 Å². The molecule has 0 saturated carbocycles. The molecule has 0 aromatic carbocycles. The van der Waals surface area contributed by atoms with Gasteiger partial charge in [0.1, 0.15) is 6.04 Å². The van der Waals surface area contributed by atoms with Crippen molar-refractivity contribution in [3.05, 3.63) is 12.2 Å². The highest BCUT2D eigenvalue weighted by Crippen LogP contribution is 2.29. The minimum Gasteiger partial charge on any atom is -0.394 e. The maximum atomic E-state index is 12.6. The van der Waals surface area contributed by atoms with Crippen LogP contribution in [0.2, 0.25) is 0 Å². The Morgan fingerprint density at radius 1 is 1.19 bits per heavy atom. The van der Waals surface area contributed by atoms with Gasteiger partial charge in [-0.2, -0.15) is 0 Å². The lowest BCUT2D eigenvalue weighted by molar-refractivity contribution is -0.133. The first-order chi connectivity index (χ1) is 12.8. The van der Waals surface area contributed by atoms with Crippen molar-refractivity contribution in [2.24, 2.45) is 5.92 Å². The van der Waals surface area contributed by atoms with Gasteiger partial charge in [-0.15, -0.1) is 6.58 Å². The molecule has 7 nitrogen and oxygen atoms in total. The number of Topliss-reactive ketones (excluding diaryl/α,β-unsaturated/α-hetero) is 1. The predicted octanol–water partition coefficient (Wildman–Crippen LogP) is 0.935. The van der Waals surface area contributed by atoms with E-state index in [1.165, 1.54) is 6.42 Å². The van der Waals surface area contributed by atoms with Crippen molar-refractivity contribution in [2.75, 3.05) is 26.4 Å². The molecule has 1 aliphatic heterocycles. The van der Waals surface area contributed by atoms with Gasteiger partial charge in [0.15, 0.2) is 11.4 Å². The van der Waals surface area contributed by atoms with Gasteiger partial charge in [0, 0.05) is 0 Å². The lowest BCUT2D eigenvalue weighted by Gasteiger charge is -2.23. The van der Waals surface area contributed by atoms with Gasteiger partial charge >= 0.3 is 0 Å². The predicted molar refractivity (Wildman–Crippen MR) is 104 cm³/mol. The minimum absolute atomic E-state index is 0.156. The van der Waals surface area contributed by atoms with Crippen molar-refractivity contribution in [1.82, 2.24) is 10.6 Å². The van der Waals surface area contributed by atoms with Gasteiger partial charge in [-0.3, -0.25) is 9.59 Å². The van der Waals surface area contributed by atoms with E-state index in [1.54, 1.807) is 6.92 Å². The van der Waals surface area contributed by atoms with E-state index < -0.39 is 30.2 Å². The first-order valence-electron chi connectivity index (χ1n) is 9.84. The molecular formula is C20H36N2O5. The number of carbonyl (C=O) groups excluding carboxylic acids is 2. The van der Waals surface area contributed by atoms with E-state index in [2.05, 4.69) is 31.1 Å². The highest BCUT2D eigenvalue weighted by atomic mass is 16.6. The molecule has 0 radical (unpaired) electrons. The van der Waals surface area contributed by atoms with Crippen molar-refractivity contribution in [3.8, 4) is 0 Å². The molecule has 1 heterocycles. The Morgan fingerprint density at radius 2 is 1.85 bits per heavy atom. The zero-order valence-corrected chi connectivity index (χ0v) is 16.9. The third-order valence-corrected chi connectivity index (χ3v) is 4.73. The fraction of sp³-hybridized carbons (Fsp3) is 0.800. The number of ketones is 1. The summed E-state index contributed by atoms with van der Waals surface area (Å²) in [5.74, 6) is -0.103. The molecule has 0 spiro atoms. The van der Waals surface area contributed by atoms with Crippen LogP contribution in [0.3, 0.4) is 0 Å². The maximum Gasteiger partial charge on any atom is 0.240 e. The molecule has 1 aliphatic rings. The van der Waals surface area contributed by atoms with E-state index in [1.807, 2.05) is 0 Å². The number of hydrogen-bond acceptors (Lipinski definition) is 6. The lowest BCUT2D eigenvalue weighted by atomic mass is 9.94. The topological polar surface area (TPSA) is 111 Å². The summed E-state index contributed by atoms with van der Waals surface area (Å²) in [4.78, 5) is 25.1. The van der Waals surface area contributed by atoms with Crippen LogP contribution in [0.15, 0.2) is 12.2 Å². The molecule has 1 fully saturated rings. The Morgan fingerprint density at radius 3 is 2.33 bits per heavy atom. The standard InChI is InChI=1S/C20H36N2O5/c1-14(2)8-6-5-7-9-21-17(11-23)19(26)22-16(10-15(3)4)18(25)20(12-24)13-27-20/h14,16-17,21,23-24H,3,5-13H2,1-2,4H3,(H,22,26)/t16?,17-,20?/m0/s1. The van der Waals surface area contributed by atoms with Crippen LogP contribution in [0.4, 0.5) is 0 Å². The molecular weight excluding hydrogens is 348 g/mol. The van der Waals surface area contributed by atoms with E-state index in [0.29, 0.717) is 12.5 Å². The van der Waals surface area contributed by atoms with E-state index in [0.717, 1.165) is 24.8 Å². The second-order valence-electron chi connectivity index (χ2n) is 7.96. The molecule has 7 heteroatoms. The second kappa shape index (κ2) is 11.5. The van der Waals surface area contributed by atoms with Gasteiger partial charge in [-0.1, -0.05) is 38.7 Å². The average Bonchev–Trinajstić information content (AvgIpc) is 3.40. The Labute approximate surface area is 162 Å². The quantitative estimate of drug-likeness (QED) is 0.190. The minimum atomic E-state index is -1.20. The third kappa shape index (κ3) is 8.09. The number of ether oxygens (including phenoxy) is 1. The summed E-state index contributed by atoms with van der Waals surface area (Å²) in [7, 11) is 0. The summed E-state index contributed by atoms with van der Waals surface area (Å²) in [6.45, 7) is 9.97. The van der Waals surface area contributed by atoms with Crippen LogP contribution in [0, 0.1) is 5.92 Å². The fourth-order valence-electron chi connectivity index (χ4n) is 2.92. The molecule has 2 unspecified atom stereocenters. The Bertz CT molecular complexity index is 503. The molecule has 0 bridgehead atoms. The van der Waals surface area contributed by atoms with Crippen LogP contribution in [-0.2, 0) is 14.3 Å². The average molecular weight is 385 g/mol. The van der Waals surface area contributed by atoms with Gasteiger partial charge in [0.05, 0.1) is 25.9 Å². The SMILES string of the molecule is C=C(C)CC(NC(=O)[C@H](CO)NCCCCCC(C)C)C(=O)C1(CO)CO1. The van der Waals surface area contributed by atoms with Crippen LogP contribution >= 0.6 is 0 Å². The molecule has 3 atom stereocenters. The number of rotatable bonds is 15. The summed E-state index contributed by atoms with van der Waals surface area (Å²) in [5, 5.41) is 24.7. The van der Waals surface area contributed by atoms with Gasteiger partial charge in [0.25, 0.3) is 0 Å². The molecule has 1 amide bonds. The van der Waals surface area contributed by atoms with Crippen LogP contribution in [0.25, 0.3) is 0 Å². The van der Waals surface area contributed by atoms with Crippen molar-refractivity contribution in [3.63, 3.8) is 0 Å². The fourth-order valence-corrected chi connectivity index (χ4v) is 2.92. The number of aliphatic hydroxyl groups is 2. The first-order valence-corrected chi connectivity index (χ1v) is 9.84. The zero-order valence-electron chi connectivity index (χ0n) is 16.9. The van der Waals surface area contributed by atoms with E-state index in [-0.39, 0.29) is 25.4 Å². The lowest BCUT2D eigenvalue weighted by Crippen LogP contribution is -2.54. The van der Waals surface area contributed by atoms with Crippen molar-refractivity contribution < 1.29 is 24.5 Å². The highest BCUT2D eigenvalue weighted by Gasteiger charge is 2.54. The van der Waals surface area contributed by atoms with Gasteiger partial charge in [0.2, 0.25) is 5.91 Å². The van der Waals surface area contributed by atoms with Gasteiger partial charge in [-0.25, -0.2) is 0 Å². The van der Waals surface area contributed by atoms with E-state index in [9.17, 15) is 19.8 Å². The molecule has 4 N–H and O–H groups in total.